The molecular formula is C8H12N4. The molecule has 0 aliphatic carbocycles. The number of nitrogens with zero attached hydrogens (tertiary/aromatic N) is 3. The van der Waals surface area contributed by atoms with Gasteiger partial charge in [0.05, 0.1) is 0 Å². The molecule has 0 spiro atoms. The molecule has 0 saturated carbocycles. The van der Waals surface area contributed by atoms with Crippen LogP contribution in [0, 0.1) is 0 Å². The quantitative estimate of drug-likeness (QED) is 0.514. The SMILES string of the molecule is CC(C)N=C(N)c1ccncn1. The summed E-state index contributed by atoms with van der Waals surface area (Å²) in [6.07, 6.45) is 3.10. The largest absolute Gasteiger partial charge is 0.382 e. The summed E-state index contributed by atoms with van der Waals surface area (Å²) >= 11 is 0. The van der Waals surface area contributed by atoms with E-state index in [9.17, 15) is 0 Å². The lowest BCUT2D eigenvalue weighted by Gasteiger charge is -2.00. The fourth-order valence-corrected chi connectivity index (χ4v) is 0.787. The number of rotatable bonds is 2. The summed E-state index contributed by atoms with van der Waals surface area (Å²) in [5.74, 6) is 0.465. The molecule has 0 aromatic carbocycles. The van der Waals surface area contributed by atoms with E-state index in [1.165, 1.54) is 6.33 Å². The first-order valence-electron chi connectivity index (χ1n) is 3.80. The summed E-state index contributed by atoms with van der Waals surface area (Å²) in [5.41, 5.74) is 6.34. The van der Waals surface area contributed by atoms with Gasteiger partial charge in [-0.05, 0) is 19.9 Å². The zero-order valence-corrected chi connectivity index (χ0v) is 7.23. The van der Waals surface area contributed by atoms with E-state index in [0.717, 1.165) is 0 Å². The first kappa shape index (κ1) is 8.64. The normalized spacial score (nSPS) is 12.1. The second-order valence-electron chi connectivity index (χ2n) is 2.70. The minimum absolute atomic E-state index is 0.194. The Labute approximate surface area is 71.6 Å². The van der Waals surface area contributed by atoms with E-state index in [2.05, 4.69) is 15.0 Å². The molecule has 0 aliphatic rings. The molecule has 12 heavy (non-hydrogen) atoms. The van der Waals surface area contributed by atoms with Crippen LogP contribution in [0.2, 0.25) is 0 Å². The highest BCUT2D eigenvalue weighted by Gasteiger charge is 1.98. The van der Waals surface area contributed by atoms with Crippen molar-refractivity contribution in [1.29, 1.82) is 0 Å². The first-order valence-corrected chi connectivity index (χ1v) is 3.80. The van der Waals surface area contributed by atoms with Crippen molar-refractivity contribution in [1.82, 2.24) is 9.97 Å². The molecule has 0 radical (unpaired) electrons. The van der Waals surface area contributed by atoms with Crippen LogP contribution in [-0.4, -0.2) is 21.8 Å². The van der Waals surface area contributed by atoms with E-state index in [-0.39, 0.29) is 6.04 Å². The molecule has 1 aromatic rings. The maximum absolute atomic E-state index is 5.66. The van der Waals surface area contributed by atoms with Crippen LogP contribution in [-0.2, 0) is 0 Å². The maximum atomic E-state index is 5.66. The zero-order valence-electron chi connectivity index (χ0n) is 7.23. The van der Waals surface area contributed by atoms with Crippen LogP contribution in [0.5, 0.6) is 0 Å². The van der Waals surface area contributed by atoms with Crippen molar-refractivity contribution in [2.45, 2.75) is 19.9 Å². The summed E-state index contributed by atoms with van der Waals surface area (Å²) in [5, 5.41) is 0. The number of hydrogen-bond acceptors (Lipinski definition) is 3. The van der Waals surface area contributed by atoms with Crippen molar-refractivity contribution in [2.75, 3.05) is 0 Å². The van der Waals surface area contributed by atoms with Crippen molar-refractivity contribution in [3.8, 4) is 0 Å². The minimum Gasteiger partial charge on any atom is -0.382 e. The van der Waals surface area contributed by atoms with Gasteiger partial charge in [-0.2, -0.15) is 0 Å². The Morgan fingerprint density at radius 3 is 2.83 bits per heavy atom. The molecule has 0 saturated heterocycles. The lowest BCUT2D eigenvalue weighted by Crippen LogP contribution is -2.17. The van der Waals surface area contributed by atoms with E-state index in [1.54, 1.807) is 12.3 Å². The lowest BCUT2D eigenvalue weighted by molar-refractivity contribution is 0.833. The highest BCUT2D eigenvalue weighted by Crippen LogP contribution is 1.93. The molecule has 2 N–H and O–H groups in total. The van der Waals surface area contributed by atoms with Crippen molar-refractivity contribution in [3.05, 3.63) is 24.3 Å². The van der Waals surface area contributed by atoms with Crippen molar-refractivity contribution < 1.29 is 0 Å². The van der Waals surface area contributed by atoms with Crippen molar-refractivity contribution in [2.24, 2.45) is 10.7 Å². The molecular weight excluding hydrogens is 152 g/mol. The Morgan fingerprint density at radius 1 is 1.58 bits per heavy atom. The van der Waals surface area contributed by atoms with Gasteiger partial charge in [-0.15, -0.1) is 0 Å². The number of aliphatic imine (C=N–C) groups is 1. The third kappa shape index (κ3) is 2.30. The van der Waals surface area contributed by atoms with Crippen molar-refractivity contribution >= 4 is 5.84 Å². The number of amidine groups is 1. The number of aromatic nitrogens is 2. The molecule has 0 unspecified atom stereocenters. The summed E-state index contributed by atoms with van der Waals surface area (Å²) in [7, 11) is 0. The molecule has 4 nitrogen and oxygen atoms in total. The summed E-state index contributed by atoms with van der Waals surface area (Å²) in [6, 6.07) is 1.93. The van der Waals surface area contributed by atoms with E-state index in [1.807, 2.05) is 13.8 Å². The molecule has 1 rings (SSSR count). The fourth-order valence-electron chi connectivity index (χ4n) is 0.787. The summed E-state index contributed by atoms with van der Waals surface area (Å²) < 4.78 is 0. The molecule has 0 aliphatic heterocycles. The molecule has 0 amide bonds. The Morgan fingerprint density at radius 2 is 2.33 bits per heavy atom. The van der Waals surface area contributed by atoms with Gasteiger partial charge in [-0.25, -0.2) is 9.97 Å². The third-order valence-corrected chi connectivity index (χ3v) is 1.24. The highest BCUT2D eigenvalue weighted by molar-refractivity contribution is 5.95. The van der Waals surface area contributed by atoms with Gasteiger partial charge in [0.1, 0.15) is 17.9 Å². The van der Waals surface area contributed by atoms with Crippen LogP contribution < -0.4 is 5.73 Å². The van der Waals surface area contributed by atoms with Crippen LogP contribution in [0.3, 0.4) is 0 Å². The Kier molecular flexibility index (Phi) is 2.74. The Bertz CT molecular complexity index is 266. The number of hydrogen-bond donors (Lipinski definition) is 1. The van der Waals surface area contributed by atoms with Gasteiger partial charge in [0.25, 0.3) is 0 Å². The maximum Gasteiger partial charge on any atom is 0.145 e. The molecule has 0 fully saturated rings. The summed E-state index contributed by atoms with van der Waals surface area (Å²) in [6.45, 7) is 3.93. The van der Waals surface area contributed by atoms with Crippen LogP contribution >= 0.6 is 0 Å². The summed E-state index contributed by atoms with van der Waals surface area (Å²) in [4.78, 5) is 11.9. The van der Waals surface area contributed by atoms with Gasteiger partial charge in [-0.1, -0.05) is 0 Å². The molecule has 64 valence electrons. The van der Waals surface area contributed by atoms with Gasteiger partial charge in [0.15, 0.2) is 0 Å². The van der Waals surface area contributed by atoms with Crippen LogP contribution in [0.15, 0.2) is 23.6 Å². The predicted octanol–water partition coefficient (Wildman–Crippen LogP) is 0.590. The van der Waals surface area contributed by atoms with Gasteiger partial charge in [0.2, 0.25) is 0 Å². The predicted molar refractivity (Wildman–Crippen MR) is 47.9 cm³/mol. The van der Waals surface area contributed by atoms with Crippen LogP contribution in [0.25, 0.3) is 0 Å². The van der Waals surface area contributed by atoms with E-state index in [0.29, 0.717) is 11.5 Å². The monoisotopic (exact) mass is 164 g/mol. The highest BCUT2D eigenvalue weighted by atomic mass is 14.9. The molecule has 4 heteroatoms. The Hall–Kier alpha value is -1.45. The average molecular weight is 164 g/mol. The molecule has 0 atom stereocenters. The average Bonchev–Trinajstić information content (AvgIpc) is 2.05. The Balaban J connectivity index is 2.85. The lowest BCUT2D eigenvalue weighted by atomic mass is 10.3. The zero-order chi connectivity index (χ0) is 8.97. The van der Waals surface area contributed by atoms with Crippen LogP contribution in [0.4, 0.5) is 0 Å². The first-order chi connectivity index (χ1) is 5.70. The van der Waals surface area contributed by atoms with E-state index < -0.39 is 0 Å². The van der Waals surface area contributed by atoms with E-state index in [4.69, 9.17) is 5.73 Å². The second kappa shape index (κ2) is 3.80. The van der Waals surface area contributed by atoms with Gasteiger partial charge in [0, 0.05) is 12.2 Å². The van der Waals surface area contributed by atoms with Crippen LogP contribution in [0.1, 0.15) is 19.5 Å². The van der Waals surface area contributed by atoms with Gasteiger partial charge >= 0.3 is 0 Å². The molecule has 0 bridgehead atoms. The van der Waals surface area contributed by atoms with E-state index >= 15 is 0 Å². The fraction of sp³-hybridized carbons (Fsp3) is 0.375. The minimum atomic E-state index is 0.194. The van der Waals surface area contributed by atoms with Gasteiger partial charge in [-0.3, -0.25) is 4.99 Å². The standard InChI is InChI=1S/C8H12N4/c1-6(2)12-8(9)7-3-4-10-5-11-7/h3-6H,1-2H3,(H2,9,12). The topological polar surface area (TPSA) is 64.2 Å². The van der Waals surface area contributed by atoms with Crippen molar-refractivity contribution in [3.63, 3.8) is 0 Å². The second-order valence-corrected chi connectivity index (χ2v) is 2.70. The van der Waals surface area contributed by atoms with Gasteiger partial charge < -0.3 is 5.73 Å². The molecule has 1 heterocycles. The number of nitrogens with two attached hydrogens (primary N) is 1. The molecule has 1 aromatic heterocycles. The smallest absolute Gasteiger partial charge is 0.145 e. The third-order valence-electron chi connectivity index (χ3n) is 1.24.